The number of carbonyl (C=O) groups excluding carboxylic acids is 1. The first-order valence-electron chi connectivity index (χ1n) is 9.23. The van der Waals surface area contributed by atoms with Gasteiger partial charge in [0.05, 0.1) is 21.2 Å². The van der Waals surface area contributed by atoms with E-state index in [4.69, 9.17) is 16.3 Å². The predicted octanol–water partition coefficient (Wildman–Crippen LogP) is 5.52. The van der Waals surface area contributed by atoms with Gasteiger partial charge in [-0.25, -0.2) is 8.42 Å². The van der Waals surface area contributed by atoms with E-state index in [-0.39, 0.29) is 27.3 Å². The van der Waals surface area contributed by atoms with E-state index in [0.29, 0.717) is 11.4 Å². The van der Waals surface area contributed by atoms with Crippen LogP contribution in [0.3, 0.4) is 0 Å². The maximum absolute atomic E-state index is 13.4. The van der Waals surface area contributed by atoms with Crippen molar-refractivity contribution in [3.8, 4) is 17.2 Å². The molecule has 0 fully saturated rings. The van der Waals surface area contributed by atoms with Gasteiger partial charge in [-0.05, 0) is 42.5 Å². The molecule has 174 valence electrons. The second-order valence-corrected chi connectivity index (χ2v) is 9.68. The zero-order valence-electron chi connectivity index (χ0n) is 17.0. The van der Waals surface area contributed by atoms with Gasteiger partial charge in [0.2, 0.25) is 5.91 Å². The quantitative estimate of drug-likeness (QED) is 0.360. The van der Waals surface area contributed by atoms with E-state index in [1.165, 1.54) is 28.3 Å². The first kappa shape index (κ1) is 24.7. The SMILES string of the molecule is CC(=O)Nc1cccc(Oc2ccc(S(=O)(=O)Nc3ccc(C(F)(F)P)c(O)c3)cc2Cl)c1. The van der Waals surface area contributed by atoms with E-state index in [0.717, 1.165) is 24.3 Å². The Labute approximate surface area is 196 Å². The number of carbonyl (C=O) groups is 1. The summed E-state index contributed by atoms with van der Waals surface area (Å²) in [7, 11) is -2.86. The molecule has 1 amide bonds. The van der Waals surface area contributed by atoms with Crippen LogP contribution in [0.1, 0.15) is 12.5 Å². The summed E-state index contributed by atoms with van der Waals surface area (Å²) in [5, 5.41) is 12.4. The molecular formula is C21H18ClF2N2O5PS. The number of rotatable bonds is 7. The number of ether oxygens (including phenoxy) is 1. The van der Waals surface area contributed by atoms with E-state index in [1.807, 2.05) is 0 Å². The van der Waals surface area contributed by atoms with E-state index in [2.05, 4.69) is 10.0 Å². The summed E-state index contributed by atoms with van der Waals surface area (Å²) in [6.07, 6.45) is 0. The van der Waals surface area contributed by atoms with Crippen LogP contribution >= 0.6 is 20.8 Å². The highest BCUT2D eigenvalue weighted by Gasteiger charge is 2.28. The molecule has 0 saturated heterocycles. The molecule has 0 aliphatic heterocycles. The van der Waals surface area contributed by atoms with Gasteiger partial charge < -0.3 is 15.2 Å². The fourth-order valence-electron chi connectivity index (χ4n) is 2.79. The lowest BCUT2D eigenvalue weighted by molar-refractivity contribution is -0.114. The van der Waals surface area contributed by atoms with Gasteiger partial charge in [-0.3, -0.25) is 9.52 Å². The van der Waals surface area contributed by atoms with Crippen LogP contribution in [0.5, 0.6) is 17.2 Å². The fraction of sp³-hybridized carbons (Fsp3) is 0.0952. The molecule has 0 bridgehead atoms. The lowest BCUT2D eigenvalue weighted by Gasteiger charge is -2.15. The molecule has 3 aromatic carbocycles. The summed E-state index contributed by atoms with van der Waals surface area (Å²) < 4.78 is 60.0. The van der Waals surface area contributed by atoms with Gasteiger partial charge in [0.25, 0.3) is 15.7 Å². The second kappa shape index (κ2) is 9.51. The third-order valence-corrected chi connectivity index (χ3v) is 6.19. The van der Waals surface area contributed by atoms with Gasteiger partial charge in [0.15, 0.2) is 0 Å². The number of phenolic OH excluding ortho intramolecular Hbond substituents is 1. The van der Waals surface area contributed by atoms with E-state index < -0.39 is 27.0 Å². The molecule has 33 heavy (non-hydrogen) atoms. The van der Waals surface area contributed by atoms with Gasteiger partial charge >= 0.3 is 0 Å². The van der Waals surface area contributed by atoms with Crippen LogP contribution in [-0.2, 0) is 20.5 Å². The summed E-state index contributed by atoms with van der Waals surface area (Å²) in [4.78, 5) is 11.0. The van der Waals surface area contributed by atoms with Gasteiger partial charge in [0, 0.05) is 24.7 Å². The molecule has 0 aliphatic carbocycles. The minimum Gasteiger partial charge on any atom is -0.507 e. The molecule has 0 radical (unpaired) electrons. The molecule has 3 rings (SSSR count). The maximum Gasteiger partial charge on any atom is 0.287 e. The third kappa shape index (κ3) is 6.31. The number of phenols is 1. The van der Waals surface area contributed by atoms with Gasteiger partial charge in [-0.1, -0.05) is 26.9 Å². The number of alkyl halides is 2. The van der Waals surface area contributed by atoms with Crippen LogP contribution in [0.25, 0.3) is 0 Å². The number of sulfonamides is 1. The average Bonchev–Trinajstić information content (AvgIpc) is 2.68. The summed E-state index contributed by atoms with van der Waals surface area (Å²) in [6, 6.07) is 13.2. The Hall–Kier alpha value is -2.94. The van der Waals surface area contributed by atoms with Crippen molar-refractivity contribution in [2.75, 3.05) is 10.0 Å². The average molecular weight is 515 g/mol. The zero-order valence-corrected chi connectivity index (χ0v) is 19.7. The van der Waals surface area contributed by atoms with Crippen LogP contribution in [0.2, 0.25) is 5.02 Å². The monoisotopic (exact) mass is 514 g/mol. The highest BCUT2D eigenvalue weighted by molar-refractivity contribution is 7.92. The maximum atomic E-state index is 13.4. The summed E-state index contributed by atoms with van der Waals surface area (Å²) in [5.74, 6) is -0.491. The number of anilines is 2. The van der Waals surface area contributed by atoms with Crippen molar-refractivity contribution in [2.45, 2.75) is 17.5 Å². The Balaban J connectivity index is 1.80. The molecule has 7 nitrogen and oxygen atoms in total. The van der Waals surface area contributed by atoms with Crippen molar-refractivity contribution in [3.63, 3.8) is 0 Å². The minimum atomic E-state index is -4.15. The van der Waals surface area contributed by atoms with E-state index >= 15 is 0 Å². The Kier molecular flexibility index (Phi) is 7.11. The molecular weight excluding hydrogens is 497 g/mol. The van der Waals surface area contributed by atoms with Gasteiger partial charge in [0.1, 0.15) is 17.2 Å². The van der Waals surface area contributed by atoms with Crippen molar-refractivity contribution in [1.82, 2.24) is 0 Å². The highest BCUT2D eigenvalue weighted by Crippen LogP contribution is 2.41. The standard InChI is InChI=1S/C21H18ClF2N2O5PS/c1-12(27)25-13-3-2-4-15(9-13)31-20-8-6-16(11-18(20)22)33(29,30)26-14-5-7-17(19(28)10-14)21(23,24)32/h2-11,26,28H,32H2,1H3,(H,25,27). The van der Waals surface area contributed by atoms with Crippen molar-refractivity contribution in [3.05, 3.63) is 71.2 Å². The van der Waals surface area contributed by atoms with Crippen molar-refractivity contribution >= 4 is 48.1 Å². The van der Waals surface area contributed by atoms with Crippen LogP contribution in [0, 0.1) is 0 Å². The molecule has 1 atom stereocenters. The topological polar surface area (TPSA) is 105 Å². The van der Waals surface area contributed by atoms with Crippen molar-refractivity contribution < 1.29 is 31.8 Å². The Morgan fingerprint density at radius 1 is 1.09 bits per heavy atom. The van der Waals surface area contributed by atoms with E-state index in [1.54, 1.807) is 24.3 Å². The predicted molar refractivity (Wildman–Crippen MR) is 125 cm³/mol. The van der Waals surface area contributed by atoms with Crippen molar-refractivity contribution in [1.29, 1.82) is 0 Å². The molecule has 0 saturated carbocycles. The second-order valence-electron chi connectivity index (χ2n) is 6.86. The fourth-order valence-corrected chi connectivity index (χ4v) is 4.39. The zero-order chi connectivity index (χ0) is 24.4. The molecule has 3 aromatic rings. The van der Waals surface area contributed by atoms with Crippen LogP contribution in [-0.4, -0.2) is 19.4 Å². The molecule has 0 aromatic heterocycles. The number of nitrogens with one attached hydrogen (secondary N) is 2. The van der Waals surface area contributed by atoms with Crippen LogP contribution in [0.15, 0.2) is 65.6 Å². The van der Waals surface area contributed by atoms with Crippen LogP contribution < -0.4 is 14.8 Å². The number of amides is 1. The Bertz CT molecular complexity index is 1320. The largest absolute Gasteiger partial charge is 0.507 e. The normalized spacial score (nSPS) is 11.7. The van der Waals surface area contributed by atoms with E-state index in [9.17, 15) is 27.1 Å². The van der Waals surface area contributed by atoms with Gasteiger partial charge in [-0.2, -0.15) is 8.78 Å². The number of halogens is 3. The number of hydrogen-bond acceptors (Lipinski definition) is 5. The first-order valence-corrected chi connectivity index (χ1v) is 11.7. The lowest BCUT2D eigenvalue weighted by Crippen LogP contribution is -2.13. The number of hydrogen-bond donors (Lipinski definition) is 3. The Morgan fingerprint density at radius 2 is 1.82 bits per heavy atom. The molecule has 3 N–H and O–H groups in total. The minimum absolute atomic E-state index is 0.0105. The lowest BCUT2D eigenvalue weighted by atomic mass is 10.2. The molecule has 12 heteroatoms. The molecule has 0 heterocycles. The third-order valence-electron chi connectivity index (χ3n) is 4.20. The van der Waals surface area contributed by atoms with Crippen molar-refractivity contribution in [2.24, 2.45) is 0 Å². The summed E-state index contributed by atoms with van der Waals surface area (Å²) in [5.41, 5.74) is -3.64. The first-order chi connectivity index (χ1) is 15.3. The summed E-state index contributed by atoms with van der Waals surface area (Å²) >= 11 is 6.20. The molecule has 0 aliphatic rings. The highest BCUT2D eigenvalue weighted by atomic mass is 35.5. The summed E-state index contributed by atoms with van der Waals surface area (Å²) in [6.45, 7) is 1.37. The molecule has 1 unspecified atom stereocenters. The Morgan fingerprint density at radius 3 is 2.42 bits per heavy atom. The van der Waals surface area contributed by atoms with Gasteiger partial charge in [-0.15, -0.1) is 0 Å². The smallest absolute Gasteiger partial charge is 0.287 e. The number of benzene rings is 3. The van der Waals surface area contributed by atoms with Crippen LogP contribution in [0.4, 0.5) is 20.2 Å². The molecule has 0 spiro atoms. The number of aromatic hydroxyl groups is 1.